The number of hydrogen-bond acceptors (Lipinski definition) is 6. The molecule has 2 aromatic heterocycles. The molecule has 5 nitrogen and oxygen atoms in total. The van der Waals surface area contributed by atoms with Gasteiger partial charge in [0.1, 0.15) is 0 Å². The first kappa shape index (κ1) is 17.1. The van der Waals surface area contributed by atoms with Crippen LogP contribution in [0.5, 0.6) is 0 Å². The lowest BCUT2D eigenvalue weighted by atomic mass is 10.3. The zero-order valence-corrected chi connectivity index (χ0v) is 13.6. The number of thiophene rings is 1. The summed E-state index contributed by atoms with van der Waals surface area (Å²) in [6, 6.07) is 4.75. The Labute approximate surface area is 129 Å². The van der Waals surface area contributed by atoms with E-state index >= 15 is 0 Å². The Hall–Kier alpha value is -0.950. The molecule has 0 radical (unpaired) electrons. The van der Waals surface area contributed by atoms with Crippen LogP contribution in [0.3, 0.4) is 0 Å². The van der Waals surface area contributed by atoms with E-state index in [9.17, 15) is 0 Å². The highest BCUT2D eigenvalue weighted by atomic mass is 35.5. The van der Waals surface area contributed by atoms with Crippen molar-refractivity contribution in [3.05, 3.63) is 33.6 Å². The van der Waals surface area contributed by atoms with E-state index < -0.39 is 0 Å². The van der Waals surface area contributed by atoms with Gasteiger partial charge in [0.2, 0.25) is 5.89 Å². The van der Waals surface area contributed by atoms with Crippen molar-refractivity contribution >= 4 is 23.7 Å². The second-order valence-corrected chi connectivity index (χ2v) is 6.19. The van der Waals surface area contributed by atoms with Crippen molar-refractivity contribution in [2.45, 2.75) is 46.4 Å². The van der Waals surface area contributed by atoms with Crippen LogP contribution >= 0.6 is 23.7 Å². The van der Waals surface area contributed by atoms with E-state index in [-0.39, 0.29) is 12.4 Å². The number of aryl methyl sites for hydroxylation is 1. The molecule has 7 heteroatoms. The molecule has 0 fully saturated rings. The molecule has 0 bridgehead atoms. The fourth-order valence-electron chi connectivity index (χ4n) is 1.81. The molecule has 112 valence electrons. The summed E-state index contributed by atoms with van der Waals surface area (Å²) in [7, 11) is 0. The van der Waals surface area contributed by atoms with Crippen LogP contribution in [0.4, 0.5) is 0 Å². The topological polar surface area (TPSA) is 68.2 Å². The Balaban J connectivity index is 0.00000200. The van der Waals surface area contributed by atoms with Gasteiger partial charge in [-0.1, -0.05) is 5.16 Å². The van der Waals surface area contributed by atoms with E-state index in [4.69, 9.17) is 10.3 Å². The fraction of sp³-hybridized carbons (Fsp3) is 0.538. The molecule has 0 unspecified atom stereocenters. The van der Waals surface area contributed by atoms with Crippen LogP contribution in [-0.2, 0) is 19.6 Å². The maximum atomic E-state index is 5.47. The van der Waals surface area contributed by atoms with Crippen LogP contribution in [0.25, 0.3) is 0 Å². The molecule has 0 saturated heterocycles. The maximum Gasteiger partial charge on any atom is 0.240 e. The summed E-state index contributed by atoms with van der Waals surface area (Å²) in [5.74, 6) is 1.19. The molecule has 0 aromatic carbocycles. The largest absolute Gasteiger partial charge is 0.338 e. The molecule has 0 saturated carbocycles. The van der Waals surface area contributed by atoms with Crippen molar-refractivity contribution in [2.75, 3.05) is 0 Å². The second-order valence-electron chi connectivity index (χ2n) is 4.82. The van der Waals surface area contributed by atoms with Crippen molar-refractivity contribution in [1.82, 2.24) is 15.0 Å². The van der Waals surface area contributed by atoms with E-state index in [1.54, 1.807) is 0 Å². The third kappa shape index (κ3) is 4.56. The smallest absolute Gasteiger partial charge is 0.240 e. The molecule has 2 aromatic rings. The zero-order valence-electron chi connectivity index (χ0n) is 12.0. The van der Waals surface area contributed by atoms with Crippen LogP contribution < -0.4 is 5.73 Å². The molecule has 0 aliphatic heterocycles. The standard InChI is InChI=1S/C13H20N4OS.ClH/c1-9(2)17(7-11-5-4-10(3)19-11)8-12-15-13(6-14)18-16-12;/h4-5,9H,6-8,14H2,1-3H3;1H. The number of nitrogens with zero attached hydrogens (tertiary/aromatic N) is 3. The van der Waals surface area contributed by atoms with Crippen LogP contribution in [0, 0.1) is 6.92 Å². The van der Waals surface area contributed by atoms with Gasteiger partial charge in [0, 0.05) is 22.3 Å². The third-order valence-corrected chi connectivity index (χ3v) is 3.90. The Morgan fingerprint density at radius 2 is 2.10 bits per heavy atom. The van der Waals surface area contributed by atoms with E-state index in [0.717, 1.165) is 6.54 Å². The summed E-state index contributed by atoms with van der Waals surface area (Å²) in [4.78, 5) is 9.26. The summed E-state index contributed by atoms with van der Waals surface area (Å²) in [5, 5.41) is 3.95. The van der Waals surface area contributed by atoms with Crippen molar-refractivity contribution in [1.29, 1.82) is 0 Å². The molecular weight excluding hydrogens is 296 g/mol. The molecule has 0 atom stereocenters. The van der Waals surface area contributed by atoms with Gasteiger partial charge in [-0.2, -0.15) is 4.98 Å². The molecule has 0 aliphatic rings. The lowest BCUT2D eigenvalue weighted by Gasteiger charge is -2.24. The van der Waals surface area contributed by atoms with Gasteiger partial charge in [0.15, 0.2) is 5.82 Å². The van der Waals surface area contributed by atoms with Gasteiger partial charge in [-0.05, 0) is 32.9 Å². The van der Waals surface area contributed by atoms with Crippen LogP contribution in [0.1, 0.15) is 35.3 Å². The van der Waals surface area contributed by atoms with Gasteiger partial charge in [-0.25, -0.2) is 0 Å². The number of aromatic nitrogens is 2. The Morgan fingerprint density at radius 3 is 2.60 bits per heavy atom. The van der Waals surface area contributed by atoms with E-state index in [1.807, 2.05) is 11.3 Å². The van der Waals surface area contributed by atoms with Gasteiger partial charge in [-0.15, -0.1) is 23.7 Å². The molecule has 0 spiro atoms. The van der Waals surface area contributed by atoms with Crippen molar-refractivity contribution < 1.29 is 4.52 Å². The third-order valence-electron chi connectivity index (χ3n) is 2.91. The van der Waals surface area contributed by atoms with Gasteiger partial charge >= 0.3 is 0 Å². The van der Waals surface area contributed by atoms with Crippen molar-refractivity contribution in [3.63, 3.8) is 0 Å². The predicted molar refractivity (Wildman–Crippen MR) is 82.9 cm³/mol. The highest BCUT2D eigenvalue weighted by molar-refractivity contribution is 7.11. The minimum atomic E-state index is 0. The number of halogens is 1. The second kappa shape index (κ2) is 7.73. The van der Waals surface area contributed by atoms with E-state index in [2.05, 4.69) is 47.9 Å². The lowest BCUT2D eigenvalue weighted by Crippen LogP contribution is -2.30. The van der Waals surface area contributed by atoms with E-state index in [1.165, 1.54) is 9.75 Å². The first-order valence-electron chi connectivity index (χ1n) is 6.39. The highest BCUT2D eigenvalue weighted by Gasteiger charge is 2.15. The normalized spacial score (nSPS) is 11.1. The summed E-state index contributed by atoms with van der Waals surface area (Å²) in [6.07, 6.45) is 0. The number of nitrogens with two attached hydrogens (primary N) is 1. The molecule has 2 N–H and O–H groups in total. The van der Waals surface area contributed by atoms with Gasteiger partial charge in [0.05, 0.1) is 13.1 Å². The van der Waals surface area contributed by atoms with Gasteiger partial charge in [0.25, 0.3) is 0 Å². The van der Waals surface area contributed by atoms with Crippen molar-refractivity contribution in [3.8, 4) is 0 Å². The fourth-order valence-corrected chi connectivity index (χ4v) is 2.73. The SMILES string of the molecule is Cc1ccc(CN(Cc2noc(CN)n2)C(C)C)s1.Cl. The van der Waals surface area contributed by atoms with Gasteiger partial charge < -0.3 is 10.3 Å². The summed E-state index contributed by atoms with van der Waals surface area (Å²) >= 11 is 1.83. The van der Waals surface area contributed by atoms with Crippen LogP contribution in [0.2, 0.25) is 0 Å². The molecular formula is C13H21ClN4OS. The lowest BCUT2D eigenvalue weighted by molar-refractivity contribution is 0.197. The molecule has 2 heterocycles. The maximum absolute atomic E-state index is 5.47. The molecule has 0 aliphatic carbocycles. The van der Waals surface area contributed by atoms with Gasteiger partial charge in [-0.3, -0.25) is 4.90 Å². The first-order chi connectivity index (χ1) is 9.08. The monoisotopic (exact) mass is 316 g/mol. The Bertz CT molecular complexity index is 526. The average molecular weight is 317 g/mol. The highest BCUT2D eigenvalue weighted by Crippen LogP contribution is 2.19. The van der Waals surface area contributed by atoms with Crippen molar-refractivity contribution in [2.24, 2.45) is 5.73 Å². The molecule has 2 rings (SSSR count). The summed E-state index contributed by atoms with van der Waals surface area (Å²) < 4.78 is 5.04. The van der Waals surface area contributed by atoms with Crippen LogP contribution in [-0.4, -0.2) is 21.1 Å². The average Bonchev–Trinajstić information content (AvgIpc) is 2.97. The Kier molecular flexibility index (Phi) is 6.61. The Morgan fingerprint density at radius 1 is 1.35 bits per heavy atom. The van der Waals surface area contributed by atoms with E-state index in [0.29, 0.717) is 30.8 Å². The predicted octanol–water partition coefficient (Wildman–Crippen LogP) is 2.73. The minimum Gasteiger partial charge on any atom is -0.338 e. The number of rotatable bonds is 6. The summed E-state index contributed by atoms with van der Waals surface area (Å²) in [5.41, 5.74) is 5.47. The zero-order chi connectivity index (χ0) is 13.8. The number of hydrogen-bond donors (Lipinski definition) is 1. The minimum absolute atomic E-state index is 0. The summed E-state index contributed by atoms with van der Waals surface area (Å²) in [6.45, 7) is 8.34. The van der Waals surface area contributed by atoms with Crippen LogP contribution in [0.15, 0.2) is 16.7 Å². The molecule has 20 heavy (non-hydrogen) atoms. The first-order valence-corrected chi connectivity index (χ1v) is 7.21. The molecule has 0 amide bonds. The quantitative estimate of drug-likeness (QED) is 0.887.